The largest absolute Gasteiger partial charge is 0.479 e. The molecule has 0 fully saturated rings. The quantitative estimate of drug-likeness (QED) is 0.170. The zero-order valence-corrected chi connectivity index (χ0v) is 20.1. The van der Waals surface area contributed by atoms with E-state index < -0.39 is 12.1 Å². The number of carbonyl (C=O) groups is 1. The summed E-state index contributed by atoms with van der Waals surface area (Å²) >= 11 is 0. The maximum atomic E-state index is 10.8. The molecule has 0 heterocycles. The van der Waals surface area contributed by atoms with Gasteiger partial charge in [0.2, 0.25) is 0 Å². The number of carboxylic acids is 1. The van der Waals surface area contributed by atoms with E-state index in [9.17, 15) is 4.79 Å². The zero-order chi connectivity index (χ0) is 20.0. The molecule has 0 amide bonds. The van der Waals surface area contributed by atoms with Gasteiger partial charge in [0.25, 0.3) is 0 Å². The number of allylic oxidation sites excluding steroid dienone is 10. The minimum Gasteiger partial charge on any atom is -0.479 e. The normalized spacial score (nSPS) is 13.4. The Morgan fingerprint density at radius 1 is 0.786 bits per heavy atom. The first-order chi connectivity index (χ1) is 13.2. The molecule has 0 aliphatic heterocycles. The van der Waals surface area contributed by atoms with Crippen LogP contribution in [-0.2, 0) is 9.53 Å². The fourth-order valence-electron chi connectivity index (χ4n) is 2.32. The number of rotatable bonds is 17. The summed E-state index contributed by atoms with van der Waals surface area (Å²) in [6.45, 7) is 4.50. The molecule has 3 nitrogen and oxygen atoms in total. The van der Waals surface area contributed by atoms with Crippen molar-refractivity contribution in [2.75, 3.05) is 6.61 Å². The average Bonchev–Trinajstić information content (AvgIpc) is 2.66. The zero-order valence-electron chi connectivity index (χ0n) is 17.9. The fraction of sp³-hybridized carbons (Fsp3) is 0.542. The molecule has 28 heavy (non-hydrogen) atoms. The van der Waals surface area contributed by atoms with Crippen LogP contribution in [0.2, 0.25) is 0 Å². The van der Waals surface area contributed by atoms with Crippen LogP contribution in [-0.4, -0.2) is 61.5 Å². The van der Waals surface area contributed by atoms with Gasteiger partial charge in [0.05, 0.1) is 0 Å². The van der Waals surface area contributed by atoms with Gasteiger partial charge in [-0.3, -0.25) is 0 Å². The minimum absolute atomic E-state index is 0. The van der Waals surface area contributed by atoms with Crippen LogP contribution in [0.1, 0.15) is 71.6 Å². The molecule has 0 aliphatic rings. The number of carboxylic acid groups (broad SMARTS) is 1. The third kappa shape index (κ3) is 21.7. The van der Waals surface area contributed by atoms with Crippen LogP contribution in [0, 0.1) is 0 Å². The Balaban J connectivity index is 0. The van der Waals surface area contributed by atoms with Gasteiger partial charge in [-0.15, -0.1) is 0 Å². The molecule has 4 heteroatoms. The third-order valence-electron chi connectivity index (χ3n) is 3.89. The molecule has 0 saturated heterocycles. The summed E-state index contributed by atoms with van der Waals surface area (Å²) in [4.78, 5) is 10.8. The van der Waals surface area contributed by atoms with E-state index in [0.717, 1.165) is 51.4 Å². The maximum Gasteiger partial charge on any atom is 0.332 e. The van der Waals surface area contributed by atoms with Crippen LogP contribution in [0.4, 0.5) is 0 Å². The Morgan fingerprint density at radius 2 is 1.25 bits per heavy atom. The summed E-state index contributed by atoms with van der Waals surface area (Å²) in [5.41, 5.74) is 0. The molecule has 154 valence electrons. The molecule has 0 aromatic carbocycles. The molecule has 0 saturated carbocycles. The smallest absolute Gasteiger partial charge is 0.332 e. The van der Waals surface area contributed by atoms with E-state index in [4.69, 9.17) is 9.84 Å². The molecule has 1 N–H and O–H groups in total. The predicted octanol–water partition coefficient (Wildman–Crippen LogP) is 6.41. The second kappa shape index (κ2) is 24.4. The number of unbranched alkanes of at least 4 members (excludes halogenated alkanes) is 2. The molecular formula is C24H38CaO3. The van der Waals surface area contributed by atoms with Gasteiger partial charge in [-0.2, -0.15) is 0 Å². The second-order valence-corrected chi connectivity index (χ2v) is 6.31. The first kappa shape index (κ1) is 29.6. The summed E-state index contributed by atoms with van der Waals surface area (Å²) in [5.74, 6) is -0.865. The van der Waals surface area contributed by atoms with Crippen molar-refractivity contribution in [3.63, 3.8) is 0 Å². The Bertz CT molecular complexity index is 490. The summed E-state index contributed by atoms with van der Waals surface area (Å²) < 4.78 is 5.33. The van der Waals surface area contributed by atoms with E-state index in [-0.39, 0.29) is 37.7 Å². The Morgan fingerprint density at radius 3 is 1.68 bits per heavy atom. The van der Waals surface area contributed by atoms with Crippen molar-refractivity contribution in [1.82, 2.24) is 0 Å². The Labute approximate surface area is 202 Å². The average molecular weight is 415 g/mol. The van der Waals surface area contributed by atoms with Gasteiger partial charge in [-0.1, -0.05) is 74.6 Å². The third-order valence-corrected chi connectivity index (χ3v) is 3.89. The van der Waals surface area contributed by atoms with Gasteiger partial charge in [0, 0.05) is 44.3 Å². The van der Waals surface area contributed by atoms with Crippen LogP contribution in [0.15, 0.2) is 60.8 Å². The van der Waals surface area contributed by atoms with Crippen molar-refractivity contribution >= 4 is 43.7 Å². The van der Waals surface area contributed by atoms with Gasteiger partial charge in [0.1, 0.15) is 0 Å². The molecule has 0 aromatic heterocycles. The van der Waals surface area contributed by atoms with Crippen molar-refractivity contribution < 1.29 is 14.6 Å². The van der Waals surface area contributed by atoms with Gasteiger partial charge in [-0.05, 0) is 57.8 Å². The van der Waals surface area contributed by atoms with E-state index in [1.807, 2.05) is 6.92 Å². The topological polar surface area (TPSA) is 46.5 Å². The SMILES string of the molecule is CC/C=C\C/C=C\C/C=C\C/C=C\C/C=C\CCCCOC(CC)C(=O)O.[Ca]. The van der Waals surface area contributed by atoms with Crippen molar-refractivity contribution in [1.29, 1.82) is 0 Å². The van der Waals surface area contributed by atoms with Gasteiger partial charge < -0.3 is 9.84 Å². The van der Waals surface area contributed by atoms with Crippen molar-refractivity contribution in [3.8, 4) is 0 Å². The summed E-state index contributed by atoms with van der Waals surface area (Å²) in [6.07, 6.45) is 29.9. The number of ether oxygens (including phenoxy) is 1. The molecule has 0 aliphatic carbocycles. The van der Waals surface area contributed by atoms with E-state index in [1.165, 1.54) is 0 Å². The van der Waals surface area contributed by atoms with E-state index in [0.29, 0.717) is 13.0 Å². The van der Waals surface area contributed by atoms with Crippen molar-refractivity contribution in [2.45, 2.75) is 77.7 Å². The first-order valence-electron chi connectivity index (χ1n) is 10.3. The Hall–Kier alpha value is -0.610. The molecule has 1 atom stereocenters. The number of hydrogen-bond acceptors (Lipinski definition) is 2. The summed E-state index contributed by atoms with van der Waals surface area (Å²) in [6, 6.07) is 0. The molecule has 0 aromatic rings. The summed E-state index contributed by atoms with van der Waals surface area (Å²) in [5, 5.41) is 8.87. The fourth-order valence-corrected chi connectivity index (χ4v) is 2.32. The van der Waals surface area contributed by atoms with Crippen LogP contribution >= 0.6 is 0 Å². The molecule has 0 rings (SSSR count). The predicted molar refractivity (Wildman–Crippen MR) is 122 cm³/mol. The summed E-state index contributed by atoms with van der Waals surface area (Å²) in [7, 11) is 0. The standard InChI is InChI=1S/C24H38O3.Ca/c1-3-5-6-7-8-9-10-11-12-13-14-15-16-17-18-19-20-21-22-27-23(4-2)24(25)26;/h5-6,8-9,11-12,14-15,17-18,23H,3-4,7,10,13,16,19-22H2,1-2H3,(H,25,26);/b6-5-,9-8-,12-11-,15-14-,18-17-;. The van der Waals surface area contributed by atoms with Crippen LogP contribution < -0.4 is 0 Å². The van der Waals surface area contributed by atoms with Crippen LogP contribution in [0.25, 0.3) is 0 Å². The maximum absolute atomic E-state index is 10.8. The van der Waals surface area contributed by atoms with Gasteiger partial charge >= 0.3 is 5.97 Å². The Kier molecular flexibility index (Phi) is 25.8. The van der Waals surface area contributed by atoms with Gasteiger partial charge in [0.15, 0.2) is 6.10 Å². The van der Waals surface area contributed by atoms with E-state index in [1.54, 1.807) is 0 Å². The molecule has 0 bridgehead atoms. The molecule has 0 spiro atoms. The monoisotopic (exact) mass is 414 g/mol. The number of aliphatic carboxylic acids is 1. The molecular weight excluding hydrogens is 376 g/mol. The van der Waals surface area contributed by atoms with E-state index >= 15 is 0 Å². The van der Waals surface area contributed by atoms with Crippen molar-refractivity contribution in [2.24, 2.45) is 0 Å². The molecule has 2 radical (unpaired) electrons. The van der Waals surface area contributed by atoms with Gasteiger partial charge in [-0.25, -0.2) is 4.79 Å². The van der Waals surface area contributed by atoms with Crippen LogP contribution in [0.5, 0.6) is 0 Å². The molecule has 1 unspecified atom stereocenters. The first-order valence-corrected chi connectivity index (χ1v) is 10.3. The van der Waals surface area contributed by atoms with E-state index in [2.05, 4.69) is 67.7 Å². The van der Waals surface area contributed by atoms with Crippen LogP contribution in [0.3, 0.4) is 0 Å². The number of hydrogen-bond donors (Lipinski definition) is 1. The van der Waals surface area contributed by atoms with Crippen molar-refractivity contribution in [3.05, 3.63) is 60.8 Å². The minimum atomic E-state index is -0.865. The second-order valence-electron chi connectivity index (χ2n) is 6.31.